The number of hydrogen-bond donors (Lipinski definition) is 1. The molecule has 1 aromatic carbocycles. The molecule has 122 valence electrons. The Bertz CT molecular complexity index is 791. The van der Waals surface area contributed by atoms with Crippen molar-refractivity contribution in [3.05, 3.63) is 53.9 Å². The van der Waals surface area contributed by atoms with Gasteiger partial charge in [0.25, 0.3) is 0 Å². The molecule has 2 atom stereocenters. The van der Waals surface area contributed by atoms with Crippen LogP contribution in [0.25, 0.3) is 0 Å². The SMILES string of the molecule is COc1ccc(S(=O)(=O)NC[C@@H]2C[C@H]2c2cccnc2)c(C)c1. The van der Waals surface area contributed by atoms with Crippen LogP contribution in [0.1, 0.15) is 23.5 Å². The van der Waals surface area contributed by atoms with Crippen LogP contribution in [0.5, 0.6) is 5.75 Å². The Labute approximate surface area is 136 Å². The molecule has 1 N–H and O–H groups in total. The number of rotatable bonds is 6. The molecule has 5 nitrogen and oxygen atoms in total. The van der Waals surface area contributed by atoms with Gasteiger partial charge in [-0.3, -0.25) is 4.98 Å². The van der Waals surface area contributed by atoms with Crippen molar-refractivity contribution in [1.29, 1.82) is 0 Å². The minimum absolute atomic E-state index is 0.303. The molecule has 23 heavy (non-hydrogen) atoms. The van der Waals surface area contributed by atoms with Crippen LogP contribution < -0.4 is 9.46 Å². The van der Waals surface area contributed by atoms with E-state index in [9.17, 15) is 8.42 Å². The lowest BCUT2D eigenvalue weighted by Gasteiger charge is -2.10. The largest absolute Gasteiger partial charge is 0.497 e. The lowest BCUT2D eigenvalue weighted by molar-refractivity contribution is 0.414. The summed E-state index contributed by atoms with van der Waals surface area (Å²) in [5, 5.41) is 0. The number of nitrogens with one attached hydrogen (secondary N) is 1. The van der Waals surface area contributed by atoms with Gasteiger partial charge in [0.1, 0.15) is 5.75 Å². The van der Waals surface area contributed by atoms with Gasteiger partial charge in [-0.05, 0) is 60.6 Å². The van der Waals surface area contributed by atoms with Gasteiger partial charge in [0.15, 0.2) is 0 Å². The molecule has 1 aromatic heterocycles. The molecule has 0 amide bonds. The first-order valence-corrected chi connectivity index (χ1v) is 9.04. The van der Waals surface area contributed by atoms with Gasteiger partial charge in [-0.1, -0.05) is 6.07 Å². The highest BCUT2D eigenvalue weighted by Gasteiger charge is 2.39. The van der Waals surface area contributed by atoms with Crippen molar-refractivity contribution in [2.75, 3.05) is 13.7 Å². The molecule has 3 rings (SSSR count). The summed E-state index contributed by atoms with van der Waals surface area (Å²) < 4.78 is 32.8. The average Bonchev–Trinajstić information content (AvgIpc) is 3.33. The first-order valence-electron chi connectivity index (χ1n) is 7.55. The molecule has 2 aromatic rings. The standard InChI is InChI=1S/C17H20N2O3S/c1-12-8-15(22-2)5-6-17(12)23(20,21)19-11-14-9-16(14)13-4-3-7-18-10-13/h3-8,10,14,16,19H,9,11H2,1-2H3/t14-,16-/m0/s1. The Hall–Kier alpha value is -1.92. The van der Waals surface area contributed by atoms with E-state index in [0.29, 0.717) is 34.6 Å². The number of methoxy groups -OCH3 is 1. The molecule has 1 aliphatic rings. The van der Waals surface area contributed by atoms with E-state index in [-0.39, 0.29) is 0 Å². The van der Waals surface area contributed by atoms with Crippen LogP contribution >= 0.6 is 0 Å². The summed E-state index contributed by atoms with van der Waals surface area (Å²) in [7, 11) is -1.94. The summed E-state index contributed by atoms with van der Waals surface area (Å²) in [5.41, 5.74) is 1.86. The van der Waals surface area contributed by atoms with Gasteiger partial charge in [0.05, 0.1) is 12.0 Å². The second-order valence-corrected chi connectivity index (χ2v) is 7.61. The van der Waals surface area contributed by atoms with Crippen LogP contribution in [0.3, 0.4) is 0 Å². The zero-order valence-electron chi connectivity index (χ0n) is 13.2. The van der Waals surface area contributed by atoms with Gasteiger partial charge in [0, 0.05) is 18.9 Å². The summed E-state index contributed by atoms with van der Waals surface area (Å²) in [6.45, 7) is 2.22. The maximum absolute atomic E-state index is 12.5. The van der Waals surface area contributed by atoms with Crippen LogP contribution in [0.15, 0.2) is 47.6 Å². The summed E-state index contributed by atoms with van der Waals surface area (Å²) in [6.07, 6.45) is 4.60. The van der Waals surface area contributed by atoms with Crippen molar-refractivity contribution in [3.8, 4) is 5.75 Å². The van der Waals surface area contributed by atoms with Crippen molar-refractivity contribution in [3.63, 3.8) is 0 Å². The predicted molar refractivity (Wildman–Crippen MR) is 88.0 cm³/mol. The van der Waals surface area contributed by atoms with Gasteiger partial charge in [-0.15, -0.1) is 0 Å². The molecule has 1 aliphatic carbocycles. The number of hydrogen-bond acceptors (Lipinski definition) is 4. The highest BCUT2D eigenvalue weighted by Crippen LogP contribution is 2.46. The molecule has 1 heterocycles. The fourth-order valence-corrected chi connectivity index (χ4v) is 4.14. The topological polar surface area (TPSA) is 68.3 Å². The smallest absolute Gasteiger partial charge is 0.240 e. The van der Waals surface area contributed by atoms with E-state index in [1.807, 2.05) is 18.3 Å². The third-order valence-electron chi connectivity index (χ3n) is 4.24. The van der Waals surface area contributed by atoms with Crippen LogP contribution in [-0.4, -0.2) is 27.1 Å². The third-order valence-corrected chi connectivity index (χ3v) is 5.83. The Balaban J connectivity index is 1.64. The summed E-state index contributed by atoms with van der Waals surface area (Å²) >= 11 is 0. The van der Waals surface area contributed by atoms with Crippen molar-refractivity contribution in [1.82, 2.24) is 9.71 Å². The normalized spacial score (nSPS) is 20.3. The minimum Gasteiger partial charge on any atom is -0.497 e. The zero-order chi connectivity index (χ0) is 16.4. The van der Waals surface area contributed by atoms with E-state index in [2.05, 4.69) is 9.71 Å². The molecule has 0 radical (unpaired) electrons. The Morgan fingerprint density at radius 2 is 2.17 bits per heavy atom. The molecule has 0 spiro atoms. The number of aromatic nitrogens is 1. The zero-order valence-corrected chi connectivity index (χ0v) is 14.0. The second-order valence-electron chi connectivity index (χ2n) is 5.87. The predicted octanol–water partition coefficient (Wildman–Crippen LogP) is 2.48. The number of ether oxygens (including phenoxy) is 1. The van der Waals surface area contributed by atoms with Crippen molar-refractivity contribution in [2.24, 2.45) is 5.92 Å². The maximum atomic E-state index is 12.5. The third kappa shape index (κ3) is 3.54. The van der Waals surface area contributed by atoms with E-state index in [0.717, 1.165) is 6.42 Å². The van der Waals surface area contributed by atoms with Gasteiger partial charge >= 0.3 is 0 Å². The van der Waals surface area contributed by atoms with E-state index >= 15 is 0 Å². The second kappa shape index (κ2) is 6.29. The highest BCUT2D eigenvalue weighted by molar-refractivity contribution is 7.89. The molecule has 6 heteroatoms. The van der Waals surface area contributed by atoms with Gasteiger partial charge in [0.2, 0.25) is 10.0 Å². The van der Waals surface area contributed by atoms with E-state index in [4.69, 9.17) is 4.74 Å². The first-order chi connectivity index (χ1) is 11.0. The molecule has 1 fully saturated rings. The van der Waals surface area contributed by atoms with E-state index in [1.165, 1.54) is 5.56 Å². The first kappa shape index (κ1) is 16.0. The lowest BCUT2D eigenvalue weighted by Crippen LogP contribution is -2.26. The number of benzene rings is 1. The van der Waals surface area contributed by atoms with Crippen molar-refractivity contribution in [2.45, 2.75) is 24.2 Å². The van der Waals surface area contributed by atoms with Gasteiger partial charge < -0.3 is 4.74 Å². The van der Waals surface area contributed by atoms with Crippen LogP contribution in [0.2, 0.25) is 0 Å². The quantitative estimate of drug-likeness (QED) is 0.882. The molecular formula is C17H20N2O3S. The van der Waals surface area contributed by atoms with Crippen molar-refractivity contribution >= 4 is 10.0 Å². The number of sulfonamides is 1. The van der Waals surface area contributed by atoms with E-state index < -0.39 is 10.0 Å². The number of pyridine rings is 1. The van der Waals surface area contributed by atoms with Crippen molar-refractivity contribution < 1.29 is 13.2 Å². The number of nitrogens with zero attached hydrogens (tertiary/aromatic N) is 1. The Kier molecular flexibility index (Phi) is 4.37. The fourth-order valence-electron chi connectivity index (χ4n) is 2.82. The molecule has 0 aliphatic heterocycles. The van der Waals surface area contributed by atoms with Gasteiger partial charge in [-0.25, -0.2) is 13.1 Å². The fraction of sp³-hybridized carbons (Fsp3) is 0.353. The summed E-state index contributed by atoms with van der Waals surface area (Å²) in [6, 6.07) is 8.93. The molecule has 0 unspecified atom stereocenters. The summed E-state index contributed by atoms with van der Waals surface area (Å²) in [4.78, 5) is 4.42. The molecule has 0 bridgehead atoms. The molecular weight excluding hydrogens is 312 g/mol. The molecule has 0 saturated heterocycles. The Morgan fingerprint density at radius 1 is 1.35 bits per heavy atom. The van der Waals surface area contributed by atoms with Crippen LogP contribution in [-0.2, 0) is 10.0 Å². The van der Waals surface area contributed by atoms with E-state index in [1.54, 1.807) is 38.4 Å². The monoisotopic (exact) mass is 332 g/mol. The summed E-state index contributed by atoms with van der Waals surface area (Å²) in [5.74, 6) is 1.40. The minimum atomic E-state index is -3.50. The Morgan fingerprint density at radius 3 is 2.83 bits per heavy atom. The number of aryl methyl sites for hydroxylation is 1. The molecule has 1 saturated carbocycles. The maximum Gasteiger partial charge on any atom is 0.240 e. The lowest BCUT2D eigenvalue weighted by atomic mass is 10.1. The van der Waals surface area contributed by atoms with Gasteiger partial charge in [-0.2, -0.15) is 0 Å². The highest BCUT2D eigenvalue weighted by atomic mass is 32.2. The van der Waals surface area contributed by atoms with Crippen LogP contribution in [0.4, 0.5) is 0 Å². The van der Waals surface area contributed by atoms with Crippen LogP contribution in [0, 0.1) is 12.8 Å². The average molecular weight is 332 g/mol.